The molecule has 1 fully saturated rings. The van der Waals surface area contributed by atoms with Crippen LogP contribution in [0, 0.1) is 11.7 Å². The molecular formula is C17H27FN2. The molecule has 0 aromatic heterocycles. The fraction of sp³-hybridized carbons (Fsp3) is 0.647. The molecule has 1 aliphatic heterocycles. The fourth-order valence-corrected chi connectivity index (χ4v) is 3.01. The predicted octanol–water partition coefficient (Wildman–Crippen LogP) is 3.95. The Morgan fingerprint density at radius 2 is 2.10 bits per heavy atom. The third-order valence-electron chi connectivity index (χ3n) is 4.25. The maximum atomic E-state index is 14.2. The number of hydrogen-bond donors (Lipinski definition) is 1. The second-order valence-electron chi connectivity index (χ2n) is 6.10. The van der Waals surface area contributed by atoms with Crippen LogP contribution < -0.4 is 10.2 Å². The molecule has 112 valence electrons. The molecule has 1 heterocycles. The zero-order valence-corrected chi connectivity index (χ0v) is 13.0. The van der Waals surface area contributed by atoms with Crippen molar-refractivity contribution in [1.82, 2.24) is 5.32 Å². The highest BCUT2D eigenvalue weighted by atomic mass is 19.1. The summed E-state index contributed by atoms with van der Waals surface area (Å²) in [5, 5.41) is 3.33. The molecule has 0 spiro atoms. The number of benzene rings is 1. The molecule has 0 amide bonds. The fourth-order valence-electron chi connectivity index (χ4n) is 3.01. The van der Waals surface area contributed by atoms with Gasteiger partial charge in [0.2, 0.25) is 0 Å². The first kappa shape index (κ1) is 15.3. The van der Waals surface area contributed by atoms with Crippen molar-refractivity contribution in [3.8, 4) is 0 Å². The summed E-state index contributed by atoms with van der Waals surface area (Å²) >= 11 is 0. The molecule has 2 rings (SSSR count). The Morgan fingerprint density at radius 3 is 2.85 bits per heavy atom. The molecule has 3 heteroatoms. The first-order valence-electron chi connectivity index (χ1n) is 7.88. The Kier molecular flexibility index (Phi) is 5.41. The van der Waals surface area contributed by atoms with Gasteiger partial charge in [-0.25, -0.2) is 4.39 Å². The van der Waals surface area contributed by atoms with Crippen molar-refractivity contribution >= 4 is 5.69 Å². The van der Waals surface area contributed by atoms with Gasteiger partial charge >= 0.3 is 0 Å². The van der Waals surface area contributed by atoms with E-state index < -0.39 is 0 Å². The molecule has 1 N–H and O–H groups in total. The average molecular weight is 278 g/mol. The van der Waals surface area contributed by atoms with Crippen molar-refractivity contribution in [2.24, 2.45) is 5.92 Å². The van der Waals surface area contributed by atoms with Gasteiger partial charge in [-0.15, -0.1) is 0 Å². The predicted molar refractivity (Wildman–Crippen MR) is 83.6 cm³/mol. The number of halogens is 1. The molecular weight excluding hydrogens is 251 g/mol. The maximum absolute atomic E-state index is 14.2. The minimum atomic E-state index is -0.0865. The second-order valence-corrected chi connectivity index (χ2v) is 6.10. The number of piperidine rings is 1. The Morgan fingerprint density at radius 1 is 1.30 bits per heavy atom. The highest BCUT2D eigenvalue weighted by molar-refractivity contribution is 5.55. The van der Waals surface area contributed by atoms with Gasteiger partial charge in [-0.05, 0) is 50.8 Å². The van der Waals surface area contributed by atoms with Crippen molar-refractivity contribution in [1.29, 1.82) is 0 Å². The quantitative estimate of drug-likeness (QED) is 0.820. The van der Waals surface area contributed by atoms with Crippen LogP contribution >= 0.6 is 0 Å². The second kappa shape index (κ2) is 7.07. The van der Waals surface area contributed by atoms with Gasteiger partial charge in [-0.3, -0.25) is 0 Å². The molecule has 2 unspecified atom stereocenters. The summed E-state index contributed by atoms with van der Waals surface area (Å²) < 4.78 is 14.2. The van der Waals surface area contributed by atoms with Crippen molar-refractivity contribution in [3.63, 3.8) is 0 Å². The van der Waals surface area contributed by atoms with Gasteiger partial charge in [-0.2, -0.15) is 0 Å². The van der Waals surface area contributed by atoms with E-state index in [0.29, 0.717) is 18.5 Å². The van der Waals surface area contributed by atoms with E-state index in [1.807, 2.05) is 6.07 Å². The van der Waals surface area contributed by atoms with Crippen LogP contribution in [-0.4, -0.2) is 19.1 Å². The summed E-state index contributed by atoms with van der Waals surface area (Å²) in [7, 11) is 0. The lowest BCUT2D eigenvalue weighted by Gasteiger charge is -2.39. The van der Waals surface area contributed by atoms with E-state index in [1.54, 1.807) is 6.07 Å². The Hall–Kier alpha value is -1.09. The van der Waals surface area contributed by atoms with Crippen LogP contribution in [0.3, 0.4) is 0 Å². The molecule has 20 heavy (non-hydrogen) atoms. The largest absolute Gasteiger partial charge is 0.368 e. The van der Waals surface area contributed by atoms with E-state index in [0.717, 1.165) is 30.8 Å². The molecule has 1 aromatic carbocycles. The van der Waals surface area contributed by atoms with Crippen LogP contribution in [0.1, 0.15) is 45.6 Å². The maximum Gasteiger partial charge on any atom is 0.129 e. The van der Waals surface area contributed by atoms with E-state index in [2.05, 4.69) is 37.1 Å². The number of nitrogens with one attached hydrogen (secondary N) is 1. The highest BCUT2D eigenvalue weighted by Gasteiger charge is 2.25. The van der Waals surface area contributed by atoms with Crippen LogP contribution in [0.15, 0.2) is 18.2 Å². The van der Waals surface area contributed by atoms with Crippen molar-refractivity contribution in [3.05, 3.63) is 29.6 Å². The van der Waals surface area contributed by atoms with Gasteiger partial charge in [0.1, 0.15) is 5.82 Å². The zero-order chi connectivity index (χ0) is 14.5. The third-order valence-corrected chi connectivity index (χ3v) is 4.25. The van der Waals surface area contributed by atoms with E-state index in [9.17, 15) is 4.39 Å². The summed E-state index contributed by atoms with van der Waals surface area (Å²) in [4.78, 5) is 2.39. The molecule has 2 nitrogen and oxygen atoms in total. The van der Waals surface area contributed by atoms with Crippen LogP contribution in [0.4, 0.5) is 10.1 Å². The van der Waals surface area contributed by atoms with Crippen LogP contribution in [-0.2, 0) is 6.54 Å². The van der Waals surface area contributed by atoms with Crippen molar-refractivity contribution in [2.45, 2.75) is 52.6 Å². The lowest BCUT2D eigenvalue weighted by atomic mass is 9.93. The van der Waals surface area contributed by atoms with Crippen LogP contribution in [0.5, 0.6) is 0 Å². The molecule has 1 aliphatic rings. The molecule has 2 atom stereocenters. The molecule has 0 aliphatic carbocycles. The van der Waals surface area contributed by atoms with Gasteiger partial charge in [0.05, 0.1) is 0 Å². The van der Waals surface area contributed by atoms with Gasteiger partial charge in [-0.1, -0.05) is 19.9 Å². The summed E-state index contributed by atoms with van der Waals surface area (Å²) in [5.74, 6) is 0.599. The number of hydrogen-bond acceptors (Lipinski definition) is 2. The van der Waals surface area contributed by atoms with Crippen molar-refractivity contribution < 1.29 is 4.39 Å². The van der Waals surface area contributed by atoms with E-state index in [-0.39, 0.29) is 5.82 Å². The lowest BCUT2D eigenvalue weighted by Crippen LogP contribution is -2.42. The third kappa shape index (κ3) is 3.51. The average Bonchev–Trinajstić information content (AvgIpc) is 2.43. The van der Waals surface area contributed by atoms with Crippen LogP contribution in [0.25, 0.3) is 0 Å². The number of anilines is 1. The molecule has 1 saturated heterocycles. The Balaban J connectivity index is 2.23. The smallest absolute Gasteiger partial charge is 0.129 e. The minimum absolute atomic E-state index is 0.0865. The first-order chi connectivity index (χ1) is 9.63. The standard InChI is InChI=1S/C17H27FN2/c1-4-10-19-11-15-16(18)6-5-7-17(15)20-12-13(2)8-9-14(20)3/h5-7,13-14,19H,4,8-12H2,1-3H3. The molecule has 1 aromatic rings. The van der Waals surface area contributed by atoms with E-state index >= 15 is 0 Å². The monoisotopic (exact) mass is 278 g/mol. The SMILES string of the molecule is CCCNCc1c(F)cccc1N1CC(C)CCC1C. The number of rotatable bonds is 5. The van der Waals surface area contributed by atoms with E-state index in [4.69, 9.17) is 0 Å². The van der Waals surface area contributed by atoms with Crippen molar-refractivity contribution in [2.75, 3.05) is 18.0 Å². The van der Waals surface area contributed by atoms with Gasteiger partial charge < -0.3 is 10.2 Å². The lowest BCUT2D eigenvalue weighted by molar-refractivity contribution is 0.389. The number of nitrogens with zero attached hydrogens (tertiary/aromatic N) is 1. The Labute approximate surface area is 122 Å². The molecule has 0 radical (unpaired) electrons. The van der Waals surface area contributed by atoms with Gasteiger partial charge in [0.15, 0.2) is 0 Å². The summed E-state index contributed by atoms with van der Waals surface area (Å²) in [5.41, 5.74) is 1.90. The minimum Gasteiger partial charge on any atom is -0.368 e. The van der Waals surface area contributed by atoms with Gasteiger partial charge in [0, 0.05) is 30.4 Å². The Bertz CT molecular complexity index is 433. The van der Waals surface area contributed by atoms with Gasteiger partial charge in [0.25, 0.3) is 0 Å². The molecule has 0 saturated carbocycles. The summed E-state index contributed by atoms with van der Waals surface area (Å²) in [6, 6.07) is 5.98. The zero-order valence-electron chi connectivity index (χ0n) is 13.0. The topological polar surface area (TPSA) is 15.3 Å². The summed E-state index contributed by atoms with van der Waals surface area (Å²) in [6.45, 7) is 9.25. The first-order valence-corrected chi connectivity index (χ1v) is 7.88. The normalized spacial score (nSPS) is 23.1. The summed E-state index contributed by atoms with van der Waals surface area (Å²) in [6.07, 6.45) is 3.54. The molecule has 0 bridgehead atoms. The van der Waals surface area contributed by atoms with E-state index in [1.165, 1.54) is 12.8 Å². The van der Waals surface area contributed by atoms with Crippen LogP contribution in [0.2, 0.25) is 0 Å². The highest BCUT2D eigenvalue weighted by Crippen LogP contribution is 2.31.